The van der Waals surface area contributed by atoms with Crippen LogP contribution < -0.4 is 5.32 Å². The lowest BCUT2D eigenvalue weighted by Gasteiger charge is -2.42. The number of nitrogens with one attached hydrogen (secondary N) is 1. The number of likely N-dealkylation sites (N-methyl/N-ethyl adjacent to an activating group) is 2. The molecule has 1 aromatic rings. The summed E-state index contributed by atoms with van der Waals surface area (Å²) in [6.45, 7) is 6.76. The maximum absolute atomic E-state index is 4.25. The van der Waals surface area contributed by atoms with Gasteiger partial charge in [-0.15, -0.1) is 0 Å². The Balaban J connectivity index is 2.05. The predicted molar refractivity (Wildman–Crippen MR) is 83.9 cm³/mol. The molecule has 1 aliphatic heterocycles. The van der Waals surface area contributed by atoms with E-state index in [0.29, 0.717) is 12.1 Å². The molecule has 20 heavy (non-hydrogen) atoms. The fourth-order valence-electron chi connectivity index (χ4n) is 2.93. The SMILES string of the molecule is CCCNC(Cc1cccnc1)C1CN(C)CCN1C. The van der Waals surface area contributed by atoms with E-state index in [-0.39, 0.29) is 0 Å². The van der Waals surface area contributed by atoms with Gasteiger partial charge in [0.2, 0.25) is 0 Å². The molecule has 0 saturated carbocycles. The van der Waals surface area contributed by atoms with Gasteiger partial charge in [0.15, 0.2) is 0 Å². The standard InChI is InChI=1S/C16H28N4/c1-4-7-18-15(11-14-6-5-8-17-12-14)16-13-19(2)9-10-20(16)3/h5-6,8,12,15-16,18H,4,7,9-11,13H2,1-3H3. The molecule has 0 aliphatic carbocycles. The normalized spacial score (nSPS) is 22.9. The Hall–Kier alpha value is -0.970. The van der Waals surface area contributed by atoms with Gasteiger partial charge >= 0.3 is 0 Å². The van der Waals surface area contributed by atoms with Crippen LogP contribution in [-0.4, -0.2) is 67.1 Å². The Labute approximate surface area is 123 Å². The third-order valence-corrected chi connectivity index (χ3v) is 4.20. The number of hydrogen-bond acceptors (Lipinski definition) is 4. The van der Waals surface area contributed by atoms with E-state index in [2.05, 4.69) is 47.2 Å². The number of aromatic nitrogens is 1. The molecule has 112 valence electrons. The van der Waals surface area contributed by atoms with E-state index in [1.807, 2.05) is 18.5 Å². The second-order valence-electron chi connectivity index (χ2n) is 5.94. The Morgan fingerprint density at radius 3 is 2.95 bits per heavy atom. The summed E-state index contributed by atoms with van der Waals surface area (Å²) in [6.07, 6.45) is 6.07. The van der Waals surface area contributed by atoms with Gasteiger partial charge in [-0.2, -0.15) is 0 Å². The second kappa shape index (κ2) is 7.72. The molecule has 4 nitrogen and oxygen atoms in total. The molecule has 0 bridgehead atoms. The summed E-state index contributed by atoms with van der Waals surface area (Å²) < 4.78 is 0. The van der Waals surface area contributed by atoms with Crippen LogP contribution in [0.2, 0.25) is 0 Å². The number of piperazine rings is 1. The summed E-state index contributed by atoms with van der Waals surface area (Å²) in [5.74, 6) is 0. The van der Waals surface area contributed by atoms with Gasteiger partial charge in [0, 0.05) is 44.1 Å². The van der Waals surface area contributed by atoms with Gasteiger partial charge in [-0.1, -0.05) is 13.0 Å². The van der Waals surface area contributed by atoms with Crippen molar-refractivity contribution in [1.82, 2.24) is 20.1 Å². The number of pyridine rings is 1. The quantitative estimate of drug-likeness (QED) is 0.847. The zero-order valence-electron chi connectivity index (χ0n) is 13.0. The van der Waals surface area contributed by atoms with Gasteiger partial charge in [0.25, 0.3) is 0 Å². The first-order valence-electron chi connectivity index (χ1n) is 7.71. The predicted octanol–water partition coefficient (Wildman–Crippen LogP) is 1.24. The van der Waals surface area contributed by atoms with Crippen molar-refractivity contribution in [2.75, 3.05) is 40.3 Å². The first-order chi connectivity index (χ1) is 9.70. The molecule has 0 amide bonds. The minimum absolute atomic E-state index is 0.493. The highest BCUT2D eigenvalue weighted by atomic mass is 15.3. The molecule has 0 spiro atoms. The molecule has 4 heteroatoms. The highest BCUT2D eigenvalue weighted by Gasteiger charge is 2.29. The molecular formula is C16H28N4. The third kappa shape index (κ3) is 4.27. The van der Waals surface area contributed by atoms with Gasteiger partial charge in [0.1, 0.15) is 0 Å². The van der Waals surface area contributed by atoms with E-state index in [1.54, 1.807) is 0 Å². The fraction of sp³-hybridized carbons (Fsp3) is 0.688. The van der Waals surface area contributed by atoms with Gasteiger partial charge in [-0.25, -0.2) is 0 Å². The molecule has 0 aromatic carbocycles. The summed E-state index contributed by atoms with van der Waals surface area (Å²) in [5, 5.41) is 3.74. The lowest BCUT2D eigenvalue weighted by Crippen LogP contribution is -2.59. The van der Waals surface area contributed by atoms with Crippen molar-refractivity contribution >= 4 is 0 Å². The van der Waals surface area contributed by atoms with E-state index in [4.69, 9.17) is 0 Å². The van der Waals surface area contributed by atoms with Crippen molar-refractivity contribution < 1.29 is 0 Å². The first kappa shape index (κ1) is 15.4. The minimum Gasteiger partial charge on any atom is -0.312 e. The third-order valence-electron chi connectivity index (χ3n) is 4.20. The molecule has 1 aliphatic rings. The van der Waals surface area contributed by atoms with Gasteiger partial charge in [0.05, 0.1) is 0 Å². The van der Waals surface area contributed by atoms with Crippen molar-refractivity contribution in [3.63, 3.8) is 0 Å². The van der Waals surface area contributed by atoms with Crippen LogP contribution in [0.25, 0.3) is 0 Å². The maximum Gasteiger partial charge on any atom is 0.0377 e. The number of rotatable bonds is 6. The van der Waals surface area contributed by atoms with Crippen molar-refractivity contribution in [3.05, 3.63) is 30.1 Å². The highest BCUT2D eigenvalue weighted by molar-refractivity contribution is 5.11. The zero-order valence-corrected chi connectivity index (χ0v) is 13.0. The summed E-state index contributed by atoms with van der Waals surface area (Å²) in [7, 11) is 4.47. The Morgan fingerprint density at radius 2 is 2.25 bits per heavy atom. The first-order valence-corrected chi connectivity index (χ1v) is 7.71. The molecule has 1 saturated heterocycles. The summed E-state index contributed by atoms with van der Waals surface area (Å²) in [5.41, 5.74) is 1.32. The van der Waals surface area contributed by atoms with Crippen LogP contribution in [0.3, 0.4) is 0 Å². The average molecular weight is 276 g/mol. The topological polar surface area (TPSA) is 31.4 Å². The molecule has 2 heterocycles. The largest absolute Gasteiger partial charge is 0.312 e. The van der Waals surface area contributed by atoms with Crippen LogP contribution in [0.5, 0.6) is 0 Å². The average Bonchev–Trinajstić information content (AvgIpc) is 2.47. The van der Waals surface area contributed by atoms with E-state index in [1.165, 1.54) is 18.5 Å². The van der Waals surface area contributed by atoms with Gasteiger partial charge < -0.3 is 10.2 Å². The summed E-state index contributed by atoms with van der Waals surface area (Å²) >= 11 is 0. The van der Waals surface area contributed by atoms with Crippen LogP contribution in [0.4, 0.5) is 0 Å². The minimum atomic E-state index is 0.493. The Kier molecular flexibility index (Phi) is 5.95. The molecular weight excluding hydrogens is 248 g/mol. The smallest absolute Gasteiger partial charge is 0.0377 e. The van der Waals surface area contributed by atoms with Gasteiger partial charge in [-0.05, 0) is 45.1 Å². The van der Waals surface area contributed by atoms with Crippen molar-refractivity contribution in [3.8, 4) is 0 Å². The van der Waals surface area contributed by atoms with Crippen LogP contribution in [0.1, 0.15) is 18.9 Å². The van der Waals surface area contributed by atoms with Crippen LogP contribution in [0, 0.1) is 0 Å². The molecule has 1 fully saturated rings. The Bertz CT molecular complexity index is 381. The monoisotopic (exact) mass is 276 g/mol. The molecule has 2 unspecified atom stereocenters. The van der Waals surface area contributed by atoms with E-state index in [0.717, 1.165) is 26.1 Å². The van der Waals surface area contributed by atoms with E-state index in [9.17, 15) is 0 Å². The lowest BCUT2D eigenvalue weighted by atomic mass is 9.97. The second-order valence-corrected chi connectivity index (χ2v) is 5.94. The molecule has 1 N–H and O–H groups in total. The molecule has 2 atom stereocenters. The number of nitrogens with zero attached hydrogens (tertiary/aromatic N) is 3. The van der Waals surface area contributed by atoms with Gasteiger partial charge in [-0.3, -0.25) is 9.88 Å². The van der Waals surface area contributed by atoms with Crippen molar-refractivity contribution in [2.24, 2.45) is 0 Å². The number of hydrogen-bond donors (Lipinski definition) is 1. The molecule has 1 aromatic heterocycles. The van der Waals surface area contributed by atoms with Crippen molar-refractivity contribution in [2.45, 2.75) is 31.8 Å². The van der Waals surface area contributed by atoms with Crippen LogP contribution in [-0.2, 0) is 6.42 Å². The van der Waals surface area contributed by atoms with E-state index >= 15 is 0 Å². The Morgan fingerprint density at radius 1 is 1.40 bits per heavy atom. The van der Waals surface area contributed by atoms with E-state index < -0.39 is 0 Å². The fourth-order valence-corrected chi connectivity index (χ4v) is 2.93. The zero-order chi connectivity index (χ0) is 14.4. The van der Waals surface area contributed by atoms with Crippen LogP contribution in [0.15, 0.2) is 24.5 Å². The van der Waals surface area contributed by atoms with Crippen LogP contribution >= 0.6 is 0 Å². The molecule has 2 rings (SSSR count). The summed E-state index contributed by atoms with van der Waals surface area (Å²) in [6, 6.07) is 5.27. The lowest BCUT2D eigenvalue weighted by molar-refractivity contribution is 0.0876. The molecule has 0 radical (unpaired) electrons. The highest BCUT2D eigenvalue weighted by Crippen LogP contribution is 2.14. The maximum atomic E-state index is 4.25. The summed E-state index contributed by atoms with van der Waals surface area (Å²) in [4.78, 5) is 9.19. The van der Waals surface area contributed by atoms with Crippen molar-refractivity contribution in [1.29, 1.82) is 0 Å².